The second kappa shape index (κ2) is 7.31. The molecule has 0 aliphatic rings. The van der Waals surface area contributed by atoms with Gasteiger partial charge in [-0.2, -0.15) is 0 Å². The molecule has 120 valence electrons. The van der Waals surface area contributed by atoms with Gasteiger partial charge in [0, 0.05) is 23.4 Å². The minimum Gasteiger partial charge on any atom is -0.504 e. The lowest BCUT2D eigenvalue weighted by molar-refractivity contribution is 0.101. The number of urea groups is 1. The molecule has 0 fully saturated rings. The standard InChI is InChI=1S/C17H18N2O4/c1-11(20)12-5-3-7-14(9-12)19-17(22)18-10-13-6-4-8-15(23-2)16(13)21/h3-9,21H,10H2,1-2H3,(H2,18,19,22). The Morgan fingerprint density at radius 3 is 2.61 bits per heavy atom. The van der Waals surface area contributed by atoms with E-state index in [0.717, 1.165) is 0 Å². The van der Waals surface area contributed by atoms with Gasteiger partial charge in [-0.25, -0.2) is 4.79 Å². The highest BCUT2D eigenvalue weighted by atomic mass is 16.5. The number of hydrogen-bond donors (Lipinski definition) is 3. The molecule has 0 aliphatic heterocycles. The normalized spacial score (nSPS) is 10.0. The zero-order valence-corrected chi connectivity index (χ0v) is 12.9. The van der Waals surface area contributed by atoms with Crippen molar-refractivity contribution in [2.75, 3.05) is 12.4 Å². The lowest BCUT2D eigenvalue weighted by atomic mass is 10.1. The van der Waals surface area contributed by atoms with Gasteiger partial charge in [0.2, 0.25) is 0 Å². The van der Waals surface area contributed by atoms with Crippen LogP contribution in [0.2, 0.25) is 0 Å². The number of aromatic hydroxyl groups is 1. The Balaban J connectivity index is 1.98. The first kappa shape index (κ1) is 16.4. The van der Waals surface area contributed by atoms with Gasteiger partial charge in [-0.15, -0.1) is 0 Å². The summed E-state index contributed by atoms with van der Waals surface area (Å²) < 4.78 is 5.01. The van der Waals surface area contributed by atoms with Crippen LogP contribution < -0.4 is 15.4 Å². The molecule has 0 radical (unpaired) electrons. The van der Waals surface area contributed by atoms with E-state index in [9.17, 15) is 14.7 Å². The lowest BCUT2D eigenvalue weighted by Crippen LogP contribution is -2.28. The van der Waals surface area contributed by atoms with Crippen LogP contribution in [-0.2, 0) is 6.54 Å². The molecule has 0 spiro atoms. The Labute approximate surface area is 134 Å². The van der Waals surface area contributed by atoms with Crippen LogP contribution in [0.25, 0.3) is 0 Å². The molecule has 0 aromatic heterocycles. The summed E-state index contributed by atoms with van der Waals surface area (Å²) in [6.45, 7) is 1.60. The largest absolute Gasteiger partial charge is 0.504 e. The minimum absolute atomic E-state index is 0.00567. The zero-order chi connectivity index (χ0) is 16.8. The Hall–Kier alpha value is -3.02. The molecular weight excluding hydrogens is 296 g/mol. The van der Waals surface area contributed by atoms with Crippen LogP contribution in [0, 0.1) is 0 Å². The van der Waals surface area contributed by atoms with E-state index in [1.54, 1.807) is 42.5 Å². The predicted molar refractivity (Wildman–Crippen MR) is 87.0 cm³/mol. The van der Waals surface area contributed by atoms with Gasteiger partial charge in [-0.1, -0.05) is 24.3 Å². The third kappa shape index (κ3) is 4.23. The summed E-state index contributed by atoms with van der Waals surface area (Å²) in [5, 5.41) is 15.2. The van der Waals surface area contributed by atoms with E-state index in [1.165, 1.54) is 14.0 Å². The van der Waals surface area contributed by atoms with E-state index in [-0.39, 0.29) is 18.1 Å². The zero-order valence-electron chi connectivity index (χ0n) is 12.9. The molecule has 6 heteroatoms. The van der Waals surface area contributed by atoms with Crippen LogP contribution in [0.1, 0.15) is 22.8 Å². The molecule has 0 saturated heterocycles. The van der Waals surface area contributed by atoms with Gasteiger partial charge in [-0.3, -0.25) is 4.79 Å². The minimum atomic E-state index is -0.437. The fourth-order valence-corrected chi connectivity index (χ4v) is 2.04. The van der Waals surface area contributed by atoms with E-state index in [4.69, 9.17) is 4.74 Å². The van der Waals surface area contributed by atoms with Gasteiger partial charge in [0.25, 0.3) is 0 Å². The Bertz CT molecular complexity index is 728. The quantitative estimate of drug-likeness (QED) is 0.740. The Morgan fingerprint density at radius 2 is 1.91 bits per heavy atom. The molecule has 2 aromatic carbocycles. The highest BCUT2D eigenvalue weighted by molar-refractivity contribution is 5.96. The second-order valence-corrected chi connectivity index (χ2v) is 4.91. The smallest absolute Gasteiger partial charge is 0.319 e. The molecule has 0 unspecified atom stereocenters. The number of anilines is 1. The van der Waals surface area contributed by atoms with E-state index in [2.05, 4.69) is 10.6 Å². The predicted octanol–water partition coefficient (Wildman–Crippen LogP) is 2.93. The summed E-state index contributed by atoms with van der Waals surface area (Å²) >= 11 is 0. The maximum Gasteiger partial charge on any atom is 0.319 e. The highest BCUT2D eigenvalue weighted by Gasteiger charge is 2.09. The van der Waals surface area contributed by atoms with Crippen molar-refractivity contribution in [2.24, 2.45) is 0 Å². The van der Waals surface area contributed by atoms with Gasteiger partial charge >= 0.3 is 6.03 Å². The van der Waals surface area contributed by atoms with Crippen LogP contribution in [-0.4, -0.2) is 24.0 Å². The maximum absolute atomic E-state index is 11.9. The molecule has 2 amide bonds. The number of phenols is 1. The molecule has 3 N–H and O–H groups in total. The van der Waals surface area contributed by atoms with Gasteiger partial charge in [0.05, 0.1) is 7.11 Å². The number of Topliss-reactive ketones (excluding diaryl/α,β-unsaturated/α-hetero) is 1. The third-order valence-electron chi connectivity index (χ3n) is 3.27. The summed E-state index contributed by atoms with van der Waals surface area (Å²) in [7, 11) is 1.46. The number of para-hydroxylation sites is 1. The van der Waals surface area contributed by atoms with Crippen molar-refractivity contribution in [1.29, 1.82) is 0 Å². The molecule has 0 atom stereocenters. The number of benzene rings is 2. The molecule has 6 nitrogen and oxygen atoms in total. The first-order valence-electron chi connectivity index (χ1n) is 7.02. The molecule has 2 rings (SSSR count). The van der Waals surface area contributed by atoms with Crippen molar-refractivity contribution in [2.45, 2.75) is 13.5 Å². The van der Waals surface area contributed by atoms with Crippen LogP contribution in [0.3, 0.4) is 0 Å². The highest BCUT2D eigenvalue weighted by Crippen LogP contribution is 2.29. The number of carbonyl (C=O) groups excluding carboxylic acids is 2. The number of methoxy groups -OCH3 is 1. The molecule has 0 bridgehead atoms. The molecule has 2 aromatic rings. The topological polar surface area (TPSA) is 87.7 Å². The average molecular weight is 314 g/mol. The number of carbonyl (C=O) groups is 2. The second-order valence-electron chi connectivity index (χ2n) is 4.91. The number of amides is 2. The van der Waals surface area contributed by atoms with E-state index < -0.39 is 6.03 Å². The Morgan fingerprint density at radius 1 is 1.17 bits per heavy atom. The number of ether oxygens (including phenoxy) is 1. The molecule has 0 saturated carbocycles. The summed E-state index contributed by atoms with van der Waals surface area (Å²) in [5.74, 6) is 0.267. The molecular formula is C17H18N2O4. The van der Waals surface area contributed by atoms with Crippen LogP contribution in [0.5, 0.6) is 11.5 Å². The van der Waals surface area contributed by atoms with Crippen molar-refractivity contribution in [3.8, 4) is 11.5 Å². The van der Waals surface area contributed by atoms with Crippen LogP contribution >= 0.6 is 0 Å². The third-order valence-corrected chi connectivity index (χ3v) is 3.27. The monoisotopic (exact) mass is 314 g/mol. The van der Waals surface area contributed by atoms with Crippen LogP contribution in [0.15, 0.2) is 42.5 Å². The van der Waals surface area contributed by atoms with Crippen molar-refractivity contribution in [3.05, 3.63) is 53.6 Å². The number of hydrogen-bond acceptors (Lipinski definition) is 4. The SMILES string of the molecule is COc1cccc(CNC(=O)Nc2cccc(C(C)=O)c2)c1O. The fourth-order valence-electron chi connectivity index (χ4n) is 2.04. The van der Waals surface area contributed by atoms with Gasteiger partial charge < -0.3 is 20.5 Å². The summed E-state index contributed by atoms with van der Waals surface area (Å²) in [6, 6.07) is 11.3. The van der Waals surface area contributed by atoms with Crippen molar-refractivity contribution >= 4 is 17.5 Å². The molecule has 0 heterocycles. The molecule has 0 aliphatic carbocycles. The van der Waals surface area contributed by atoms with Crippen molar-refractivity contribution in [3.63, 3.8) is 0 Å². The maximum atomic E-state index is 11.9. The summed E-state index contributed by atoms with van der Waals surface area (Å²) in [5.41, 5.74) is 1.58. The van der Waals surface area contributed by atoms with Crippen molar-refractivity contribution in [1.82, 2.24) is 5.32 Å². The van der Waals surface area contributed by atoms with E-state index >= 15 is 0 Å². The van der Waals surface area contributed by atoms with E-state index in [1.807, 2.05) is 0 Å². The van der Waals surface area contributed by atoms with Gasteiger partial charge in [-0.05, 0) is 25.1 Å². The van der Waals surface area contributed by atoms with Crippen LogP contribution in [0.4, 0.5) is 10.5 Å². The van der Waals surface area contributed by atoms with E-state index in [0.29, 0.717) is 22.6 Å². The number of phenolic OH excluding ortho intramolecular Hbond substituents is 1. The average Bonchev–Trinajstić information content (AvgIpc) is 2.54. The number of rotatable bonds is 5. The van der Waals surface area contributed by atoms with Crippen molar-refractivity contribution < 1.29 is 19.4 Å². The summed E-state index contributed by atoms with van der Waals surface area (Å²) in [6.07, 6.45) is 0. The number of nitrogens with one attached hydrogen (secondary N) is 2. The lowest BCUT2D eigenvalue weighted by Gasteiger charge is -2.11. The van der Waals surface area contributed by atoms with Gasteiger partial charge in [0.15, 0.2) is 17.3 Å². The van der Waals surface area contributed by atoms with Gasteiger partial charge in [0.1, 0.15) is 0 Å². The number of ketones is 1. The first-order valence-corrected chi connectivity index (χ1v) is 7.02. The summed E-state index contributed by atoms with van der Waals surface area (Å²) in [4.78, 5) is 23.2. The fraction of sp³-hybridized carbons (Fsp3) is 0.176. The Kier molecular flexibility index (Phi) is 5.19. The molecule has 23 heavy (non-hydrogen) atoms. The first-order chi connectivity index (χ1) is 11.0.